The minimum Gasteiger partial charge on any atom is -0.469 e. The normalized spacial score (nSPS) is 18.0. The largest absolute Gasteiger partial charge is 0.469 e. The van der Waals surface area contributed by atoms with Crippen LogP contribution in [0.4, 0.5) is 0 Å². The van der Waals surface area contributed by atoms with Crippen LogP contribution in [0.3, 0.4) is 0 Å². The highest BCUT2D eigenvalue weighted by Gasteiger charge is 2.32. The van der Waals surface area contributed by atoms with Gasteiger partial charge in [0.05, 0.1) is 13.5 Å². The summed E-state index contributed by atoms with van der Waals surface area (Å²) in [7, 11) is 1.37. The van der Waals surface area contributed by atoms with E-state index >= 15 is 0 Å². The lowest BCUT2D eigenvalue weighted by molar-refractivity contribution is -0.142. The number of amides is 1. The number of carbonyl (C=O) groups excluding carboxylic acids is 2. The number of piperidine rings is 1. The number of hydrogen-bond acceptors (Lipinski definition) is 4. The highest BCUT2D eigenvalue weighted by Crippen LogP contribution is 2.30. The molecule has 1 amide bonds. The minimum atomic E-state index is -0.287. The van der Waals surface area contributed by atoms with Gasteiger partial charge in [0.15, 0.2) is 5.76 Å². The Morgan fingerprint density at radius 2 is 2.17 bits per heavy atom. The van der Waals surface area contributed by atoms with Gasteiger partial charge in [-0.3, -0.25) is 9.59 Å². The van der Waals surface area contributed by atoms with E-state index in [4.69, 9.17) is 9.15 Å². The molecule has 0 aliphatic carbocycles. The highest BCUT2D eigenvalue weighted by molar-refractivity contribution is 9.10. The Morgan fingerprint density at radius 3 is 2.92 bits per heavy atom. The van der Waals surface area contributed by atoms with Gasteiger partial charge in [0, 0.05) is 28.0 Å². The van der Waals surface area contributed by atoms with Gasteiger partial charge >= 0.3 is 5.97 Å². The first-order valence-electron chi connectivity index (χ1n) is 8.07. The van der Waals surface area contributed by atoms with Crippen LogP contribution in [0.2, 0.25) is 0 Å². The number of rotatable bonds is 3. The Balaban J connectivity index is 1.91. The third-order valence-corrected chi connectivity index (χ3v) is 5.10. The second kappa shape index (κ2) is 6.97. The van der Waals surface area contributed by atoms with Crippen LogP contribution in [0.1, 0.15) is 41.8 Å². The molecular weight excluding hydrogens is 374 g/mol. The smallest absolute Gasteiger partial charge is 0.307 e. The zero-order valence-electron chi connectivity index (χ0n) is 13.8. The zero-order chi connectivity index (χ0) is 17.3. The van der Waals surface area contributed by atoms with Crippen LogP contribution in [-0.4, -0.2) is 36.5 Å². The maximum absolute atomic E-state index is 13.0. The predicted octanol–water partition coefficient (Wildman–Crippen LogP) is 4.06. The van der Waals surface area contributed by atoms with Gasteiger partial charge in [-0.2, -0.15) is 0 Å². The molecule has 128 valence electrons. The number of furan rings is 1. The molecule has 6 heteroatoms. The predicted molar refractivity (Wildman–Crippen MR) is 94.0 cm³/mol. The fraction of sp³-hybridized carbons (Fsp3) is 0.444. The van der Waals surface area contributed by atoms with Gasteiger partial charge in [-0.05, 0) is 44.4 Å². The maximum atomic E-state index is 13.0. The van der Waals surface area contributed by atoms with Crippen molar-refractivity contribution in [1.82, 2.24) is 4.90 Å². The number of esters is 1. The van der Waals surface area contributed by atoms with E-state index in [1.165, 1.54) is 7.11 Å². The molecule has 1 aromatic carbocycles. The molecule has 3 rings (SSSR count). The first kappa shape index (κ1) is 17.0. The van der Waals surface area contributed by atoms with E-state index in [1.54, 1.807) is 4.90 Å². The molecule has 5 nitrogen and oxygen atoms in total. The summed E-state index contributed by atoms with van der Waals surface area (Å²) in [6.07, 6.45) is 2.99. The quantitative estimate of drug-likeness (QED) is 0.737. The summed E-state index contributed by atoms with van der Waals surface area (Å²) < 4.78 is 11.5. The molecule has 2 aromatic rings. The number of likely N-dealkylation sites (tertiary alicyclic amines) is 1. The Morgan fingerprint density at radius 1 is 1.38 bits per heavy atom. The number of carbonyl (C=O) groups is 2. The molecule has 0 radical (unpaired) electrons. The third kappa shape index (κ3) is 3.20. The second-order valence-corrected chi connectivity index (χ2v) is 7.04. The summed E-state index contributed by atoms with van der Waals surface area (Å²) in [5.74, 6) is -0.0711. The van der Waals surface area contributed by atoms with Crippen molar-refractivity contribution in [2.45, 2.75) is 38.6 Å². The molecule has 1 fully saturated rings. The average Bonchev–Trinajstić information content (AvgIpc) is 2.91. The van der Waals surface area contributed by atoms with E-state index in [-0.39, 0.29) is 24.3 Å². The lowest BCUT2D eigenvalue weighted by atomic mass is 9.98. The van der Waals surface area contributed by atoms with Gasteiger partial charge < -0.3 is 14.1 Å². The topological polar surface area (TPSA) is 59.8 Å². The number of nitrogens with zero attached hydrogens (tertiary/aromatic N) is 1. The summed E-state index contributed by atoms with van der Waals surface area (Å²) >= 11 is 3.45. The molecule has 0 saturated carbocycles. The summed E-state index contributed by atoms with van der Waals surface area (Å²) in [5, 5.41) is 0.925. The van der Waals surface area contributed by atoms with E-state index < -0.39 is 0 Å². The van der Waals surface area contributed by atoms with Gasteiger partial charge in [-0.1, -0.05) is 15.9 Å². The standard InChI is InChI=1S/C18H20BrNO4/c1-11-14-9-12(19)6-7-15(14)24-17(11)18(22)20-8-4-3-5-13(20)10-16(21)23-2/h6-7,9,13H,3-5,8,10H2,1-2H3. The van der Waals surface area contributed by atoms with Crippen molar-refractivity contribution in [2.75, 3.05) is 13.7 Å². The Kier molecular flexibility index (Phi) is 4.94. The molecule has 1 saturated heterocycles. The molecule has 0 N–H and O–H groups in total. The monoisotopic (exact) mass is 393 g/mol. The van der Waals surface area contributed by atoms with Crippen LogP contribution in [0.5, 0.6) is 0 Å². The number of hydrogen-bond donors (Lipinski definition) is 0. The van der Waals surface area contributed by atoms with E-state index in [1.807, 2.05) is 25.1 Å². The molecule has 24 heavy (non-hydrogen) atoms. The summed E-state index contributed by atoms with van der Waals surface area (Å²) in [4.78, 5) is 26.4. The molecule has 1 unspecified atom stereocenters. The Bertz CT molecular complexity index is 783. The van der Waals surface area contributed by atoms with Crippen molar-refractivity contribution < 1.29 is 18.7 Å². The number of benzene rings is 1. The summed E-state index contributed by atoms with van der Waals surface area (Å²) in [5.41, 5.74) is 1.53. The SMILES string of the molecule is COC(=O)CC1CCCCN1C(=O)c1oc2ccc(Br)cc2c1C. The van der Waals surface area contributed by atoms with Gasteiger partial charge in [-0.15, -0.1) is 0 Å². The van der Waals surface area contributed by atoms with Gasteiger partial charge in [0.2, 0.25) is 0 Å². The van der Waals surface area contributed by atoms with Crippen LogP contribution in [0.15, 0.2) is 27.1 Å². The van der Waals surface area contributed by atoms with E-state index in [0.717, 1.165) is 34.7 Å². The van der Waals surface area contributed by atoms with Crippen LogP contribution < -0.4 is 0 Å². The fourth-order valence-electron chi connectivity index (χ4n) is 3.28. The van der Waals surface area contributed by atoms with Gasteiger partial charge in [0.25, 0.3) is 5.91 Å². The maximum Gasteiger partial charge on any atom is 0.307 e. The first-order valence-corrected chi connectivity index (χ1v) is 8.87. The molecule has 1 aliphatic rings. The molecule has 2 heterocycles. The molecule has 1 atom stereocenters. The molecule has 0 spiro atoms. The van der Waals surface area contributed by atoms with E-state index in [0.29, 0.717) is 17.9 Å². The number of methoxy groups -OCH3 is 1. The van der Waals surface area contributed by atoms with Crippen molar-refractivity contribution in [3.8, 4) is 0 Å². The Labute approximate surface area is 149 Å². The third-order valence-electron chi connectivity index (χ3n) is 4.61. The van der Waals surface area contributed by atoms with Crippen LogP contribution in [0.25, 0.3) is 11.0 Å². The molecule has 1 aromatic heterocycles. The van der Waals surface area contributed by atoms with Crippen molar-refractivity contribution in [1.29, 1.82) is 0 Å². The molecule has 0 bridgehead atoms. The van der Waals surface area contributed by atoms with Crippen LogP contribution >= 0.6 is 15.9 Å². The average molecular weight is 394 g/mol. The summed E-state index contributed by atoms with van der Waals surface area (Å²) in [6.45, 7) is 2.53. The van der Waals surface area contributed by atoms with Crippen molar-refractivity contribution >= 4 is 38.8 Å². The number of fused-ring (bicyclic) bond motifs is 1. The minimum absolute atomic E-state index is 0.127. The highest BCUT2D eigenvalue weighted by atomic mass is 79.9. The van der Waals surface area contributed by atoms with Gasteiger partial charge in [-0.25, -0.2) is 0 Å². The van der Waals surface area contributed by atoms with Crippen LogP contribution in [0, 0.1) is 6.92 Å². The second-order valence-electron chi connectivity index (χ2n) is 6.13. The number of ether oxygens (including phenoxy) is 1. The molecule has 1 aliphatic heterocycles. The lowest BCUT2D eigenvalue weighted by Gasteiger charge is -2.34. The van der Waals surface area contributed by atoms with E-state index in [9.17, 15) is 9.59 Å². The summed E-state index contributed by atoms with van der Waals surface area (Å²) in [6, 6.07) is 5.57. The van der Waals surface area contributed by atoms with Crippen molar-refractivity contribution in [3.05, 3.63) is 34.0 Å². The number of halogens is 1. The van der Waals surface area contributed by atoms with Crippen molar-refractivity contribution in [2.24, 2.45) is 0 Å². The first-order chi connectivity index (χ1) is 11.5. The lowest BCUT2D eigenvalue weighted by Crippen LogP contribution is -2.45. The van der Waals surface area contributed by atoms with Crippen LogP contribution in [-0.2, 0) is 9.53 Å². The number of aryl methyl sites for hydroxylation is 1. The zero-order valence-corrected chi connectivity index (χ0v) is 15.4. The fourth-order valence-corrected chi connectivity index (χ4v) is 3.64. The molecular formula is C18H20BrNO4. The van der Waals surface area contributed by atoms with Gasteiger partial charge in [0.1, 0.15) is 5.58 Å². The van der Waals surface area contributed by atoms with Crippen molar-refractivity contribution in [3.63, 3.8) is 0 Å². The Hall–Kier alpha value is -1.82. The van der Waals surface area contributed by atoms with E-state index in [2.05, 4.69) is 15.9 Å².